The predicted octanol–water partition coefficient (Wildman–Crippen LogP) is 4.22. The molecule has 1 rings (SSSR count). The average Bonchev–Trinajstić information content (AvgIpc) is 2.44. The fourth-order valence-electron chi connectivity index (χ4n) is 2.62. The maximum absolute atomic E-state index is 11.9. The number of nitrogens with zero attached hydrogens (tertiary/aromatic N) is 1. The molecule has 0 N–H and O–H groups in total. The Balaban J connectivity index is 2.33. The van der Waals surface area contributed by atoms with Gasteiger partial charge in [-0.05, 0) is 55.7 Å². The molecule has 1 aliphatic carbocycles. The Hall–Kier alpha value is -0.393. The first-order chi connectivity index (χ1) is 10.1. The number of amides is 1. The lowest BCUT2D eigenvalue weighted by Crippen LogP contribution is -2.42. The number of carbonyl (C=O) groups excluding carboxylic acids is 1. The first-order valence-electron chi connectivity index (χ1n) is 8.51. The molecule has 5 heteroatoms. The van der Waals surface area contributed by atoms with E-state index >= 15 is 0 Å². The van der Waals surface area contributed by atoms with Crippen LogP contribution in [0, 0.1) is 11.8 Å². The van der Waals surface area contributed by atoms with E-state index in [0.29, 0.717) is 18.3 Å². The van der Waals surface area contributed by atoms with Crippen LogP contribution < -0.4 is 0 Å². The van der Waals surface area contributed by atoms with Gasteiger partial charge in [-0.15, -0.1) is 0 Å². The smallest absolute Gasteiger partial charge is 0.246 e. The molecule has 22 heavy (non-hydrogen) atoms. The van der Waals surface area contributed by atoms with Gasteiger partial charge < -0.3 is 4.43 Å². The summed E-state index contributed by atoms with van der Waals surface area (Å²) in [7, 11) is 1.59. The number of carbonyl (C=O) groups is 1. The van der Waals surface area contributed by atoms with Crippen LogP contribution in [0.5, 0.6) is 0 Å². The van der Waals surface area contributed by atoms with Crippen molar-refractivity contribution in [1.29, 1.82) is 0 Å². The van der Waals surface area contributed by atoms with E-state index in [-0.39, 0.29) is 10.9 Å². The highest BCUT2D eigenvalue weighted by atomic mass is 28.4. The van der Waals surface area contributed by atoms with Gasteiger partial charge in [0.15, 0.2) is 8.32 Å². The summed E-state index contributed by atoms with van der Waals surface area (Å²) in [5, 5.41) is 1.62. The number of hydrogen-bond donors (Lipinski definition) is 0. The molecule has 1 aliphatic rings. The molecule has 0 aromatic rings. The number of rotatable bonds is 6. The van der Waals surface area contributed by atoms with Crippen LogP contribution in [0.4, 0.5) is 0 Å². The molecule has 0 atom stereocenters. The summed E-state index contributed by atoms with van der Waals surface area (Å²) in [6.45, 7) is 12.4. The van der Waals surface area contributed by atoms with Gasteiger partial charge in [-0.2, -0.15) is 0 Å². The van der Waals surface area contributed by atoms with Gasteiger partial charge in [0, 0.05) is 20.1 Å². The van der Waals surface area contributed by atoms with Gasteiger partial charge in [-0.1, -0.05) is 20.8 Å². The Morgan fingerprint density at radius 1 is 1.14 bits per heavy atom. The van der Waals surface area contributed by atoms with E-state index in [1.807, 2.05) is 0 Å². The normalized spacial score (nSPS) is 23.4. The van der Waals surface area contributed by atoms with E-state index in [9.17, 15) is 4.79 Å². The molecule has 0 heterocycles. The molecule has 1 fully saturated rings. The minimum Gasteiger partial charge on any atom is -0.417 e. The van der Waals surface area contributed by atoms with Crippen molar-refractivity contribution in [3.05, 3.63) is 0 Å². The molecule has 1 saturated carbocycles. The monoisotopic (exact) mass is 329 g/mol. The quantitative estimate of drug-likeness (QED) is 0.541. The third kappa shape index (κ3) is 5.67. The van der Waals surface area contributed by atoms with Gasteiger partial charge in [0.2, 0.25) is 5.91 Å². The molecule has 0 aromatic carbocycles. The fourth-order valence-corrected chi connectivity index (χ4v) is 3.71. The molecule has 0 spiro atoms. The molecule has 0 unspecified atom stereocenters. The lowest BCUT2D eigenvalue weighted by atomic mass is 9.81. The molecule has 4 nitrogen and oxygen atoms in total. The maximum Gasteiger partial charge on any atom is 0.246 e. The van der Waals surface area contributed by atoms with Crippen LogP contribution in [-0.4, -0.2) is 40.1 Å². The average molecular weight is 330 g/mol. The minimum atomic E-state index is -1.63. The first kappa shape index (κ1) is 19.7. The topological polar surface area (TPSA) is 38.8 Å². The van der Waals surface area contributed by atoms with Crippen molar-refractivity contribution in [2.45, 2.75) is 71.0 Å². The van der Waals surface area contributed by atoms with Crippen LogP contribution in [-0.2, 0) is 14.1 Å². The zero-order chi connectivity index (χ0) is 17.0. The van der Waals surface area contributed by atoms with Crippen molar-refractivity contribution in [3.63, 3.8) is 0 Å². The Morgan fingerprint density at radius 3 is 2.09 bits per heavy atom. The summed E-state index contributed by atoms with van der Waals surface area (Å²) in [5.41, 5.74) is 0. The predicted molar refractivity (Wildman–Crippen MR) is 93.0 cm³/mol. The lowest BCUT2D eigenvalue weighted by molar-refractivity contribution is -0.170. The van der Waals surface area contributed by atoms with Crippen LogP contribution >= 0.6 is 0 Å². The SMILES string of the molecule is CON(C)C(=O)CC1CCC(CO[Si](C)(C)C(C)(C)C)CC1. The number of hydroxylamine groups is 2. The van der Waals surface area contributed by atoms with Gasteiger partial charge >= 0.3 is 0 Å². The molecule has 0 bridgehead atoms. The molecule has 0 aromatic heterocycles. The molecule has 0 saturated heterocycles. The summed E-state index contributed by atoms with van der Waals surface area (Å²) in [5.74, 6) is 1.26. The molecular weight excluding hydrogens is 294 g/mol. The molecule has 0 radical (unpaired) electrons. The fraction of sp³-hybridized carbons (Fsp3) is 0.941. The third-order valence-electron chi connectivity index (χ3n) is 5.54. The second-order valence-electron chi connectivity index (χ2n) is 8.24. The van der Waals surface area contributed by atoms with Gasteiger partial charge in [0.25, 0.3) is 0 Å². The van der Waals surface area contributed by atoms with Gasteiger partial charge in [-0.25, -0.2) is 5.06 Å². The lowest BCUT2D eigenvalue weighted by Gasteiger charge is -2.38. The summed E-state index contributed by atoms with van der Waals surface area (Å²) in [4.78, 5) is 16.8. The molecular formula is C17H35NO3Si. The highest BCUT2D eigenvalue weighted by molar-refractivity contribution is 6.74. The first-order valence-corrected chi connectivity index (χ1v) is 11.4. The Labute approximate surface area is 137 Å². The Kier molecular flexibility index (Phi) is 7.08. The third-order valence-corrected chi connectivity index (χ3v) is 10.0. The van der Waals surface area contributed by atoms with Crippen LogP contribution in [0.3, 0.4) is 0 Å². The van der Waals surface area contributed by atoms with E-state index in [1.54, 1.807) is 7.05 Å². The van der Waals surface area contributed by atoms with E-state index < -0.39 is 8.32 Å². The van der Waals surface area contributed by atoms with Crippen molar-refractivity contribution < 1.29 is 14.1 Å². The molecule has 130 valence electrons. The summed E-state index contributed by atoms with van der Waals surface area (Å²) < 4.78 is 6.35. The van der Waals surface area contributed by atoms with Gasteiger partial charge in [0.05, 0.1) is 7.11 Å². The summed E-state index contributed by atoms with van der Waals surface area (Å²) >= 11 is 0. The summed E-state index contributed by atoms with van der Waals surface area (Å²) in [6, 6.07) is 0. The summed E-state index contributed by atoms with van der Waals surface area (Å²) in [6.07, 6.45) is 5.25. The van der Waals surface area contributed by atoms with Crippen LogP contribution in [0.15, 0.2) is 0 Å². The van der Waals surface area contributed by atoms with Crippen molar-refractivity contribution in [2.75, 3.05) is 20.8 Å². The van der Waals surface area contributed by atoms with Crippen molar-refractivity contribution in [3.8, 4) is 0 Å². The zero-order valence-corrected chi connectivity index (χ0v) is 16.6. The van der Waals surface area contributed by atoms with E-state index in [0.717, 1.165) is 19.4 Å². The van der Waals surface area contributed by atoms with Crippen LogP contribution in [0.25, 0.3) is 0 Å². The highest BCUT2D eigenvalue weighted by Crippen LogP contribution is 2.38. The Bertz CT molecular complexity index is 357. The second-order valence-corrected chi connectivity index (χ2v) is 13.0. The standard InChI is InChI=1S/C17H35NO3Si/c1-17(2,3)22(6,7)21-13-15-10-8-14(9-11-15)12-16(19)18(4)20-5/h14-15H,8-13H2,1-7H3. The van der Waals surface area contributed by atoms with E-state index in [4.69, 9.17) is 9.26 Å². The highest BCUT2D eigenvalue weighted by Gasteiger charge is 2.37. The molecule has 0 aliphatic heterocycles. The Morgan fingerprint density at radius 2 is 1.64 bits per heavy atom. The van der Waals surface area contributed by atoms with Crippen LogP contribution in [0.2, 0.25) is 18.1 Å². The van der Waals surface area contributed by atoms with Gasteiger partial charge in [-0.3, -0.25) is 9.63 Å². The van der Waals surface area contributed by atoms with Crippen molar-refractivity contribution in [2.24, 2.45) is 11.8 Å². The van der Waals surface area contributed by atoms with Crippen molar-refractivity contribution in [1.82, 2.24) is 5.06 Å². The zero-order valence-electron chi connectivity index (χ0n) is 15.6. The van der Waals surface area contributed by atoms with Crippen LogP contribution in [0.1, 0.15) is 52.9 Å². The van der Waals surface area contributed by atoms with E-state index in [1.165, 1.54) is 25.0 Å². The molecule has 1 amide bonds. The van der Waals surface area contributed by atoms with Gasteiger partial charge in [0.1, 0.15) is 0 Å². The number of hydrogen-bond acceptors (Lipinski definition) is 3. The second kappa shape index (κ2) is 7.93. The maximum atomic E-state index is 11.9. The van der Waals surface area contributed by atoms with Crippen molar-refractivity contribution >= 4 is 14.2 Å². The van der Waals surface area contributed by atoms with E-state index in [2.05, 4.69) is 33.9 Å². The minimum absolute atomic E-state index is 0.0865. The largest absolute Gasteiger partial charge is 0.417 e.